The van der Waals surface area contributed by atoms with Crippen LogP contribution in [0.3, 0.4) is 0 Å². The second kappa shape index (κ2) is 8.39. The van der Waals surface area contributed by atoms with Crippen molar-refractivity contribution in [1.82, 2.24) is 14.3 Å². The number of hydrogen-bond acceptors (Lipinski definition) is 6. The number of pyridine rings is 2. The molecule has 0 aromatic carbocycles. The molecule has 0 radical (unpaired) electrons. The lowest BCUT2D eigenvalue weighted by atomic mass is 9.98. The predicted octanol–water partition coefficient (Wildman–Crippen LogP) is 3.72. The van der Waals surface area contributed by atoms with Crippen LogP contribution in [0, 0.1) is 12.4 Å². The molecule has 2 aliphatic rings. The molecule has 0 N–H and O–H groups in total. The zero-order valence-electron chi connectivity index (χ0n) is 17.9. The number of fused-ring (bicyclic) bond motifs is 1. The predicted molar refractivity (Wildman–Crippen MR) is 119 cm³/mol. The third kappa shape index (κ3) is 4.12. The molecule has 0 bridgehead atoms. The number of carbonyl (C=O) groups excluding carboxylic acids is 1. The standard InChI is InChI=1S/C22H23FN6O2S/c1-15-28-22(2,14-32(31)26-10-4-5-11-29(15)32)21-18(23)8-6-16(27-21)12-20(30)19-9-7-17(24-3)13-25-19/h6-9,13H,4-5,10-12,14H2,1-2H3/t22-,32+/m0/s1. The Labute approximate surface area is 186 Å². The van der Waals surface area contributed by atoms with Crippen molar-refractivity contribution in [3.8, 4) is 0 Å². The van der Waals surface area contributed by atoms with E-state index in [-0.39, 0.29) is 29.3 Å². The minimum absolute atomic E-state index is 0.0400. The van der Waals surface area contributed by atoms with E-state index < -0.39 is 21.3 Å². The molecule has 4 rings (SSSR count). The Morgan fingerprint density at radius 3 is 2.84 bits per heavy atom. The summed E-state index contributed by atoms with van der Waals surface area (Å²) in [5.74, 6) is -0.264. The fourth-order valence-electron chi connectivity index (χ4n) is 4.04. The average Bonchev–Trinajstić information content (AvgIpc) is 2.96. The van der Waals surface area contributed by atoms with Gasteiger partial charge in [0.05, 0.1) is 25.3 Å². The van der Waals surface area contributed by atoms with E-state index in [0.29, 0.717) is 30.3 Å². The lowest BCUT2D eigenvalue weighted by Crippen LogP contribution is -2.48. The summed E-state index contributed by atoms with van der Waals surface area (Å²) in [5, 5.41) is 0. The van der Waals surface area contributed by atoms with Gasteiger partial charge in [-0.25, -0.2) is 17.8 Å². The molecule has 0 saturated carbocycles. The first-order chi connectivity index (χ1) is 15.2. The molecule has 0 amide bonds. The van der Waals surface area contributed by atoms with Crippen molar-refractivity contribution >= 4 is 27.2 Å². The Bertz CT molecular complexity index is 1260. The van der Waals surface area contributed by atoms with Crippen LogP contribution in [-0.4, -0.2) is 48.9 Å². The molecule has 10 heteroatoms. The van der Waals surface area contributed by atoms with Gasteiger partial charge in [0.25, 0.3) is 0 Å². The molecule has 0 fully saturated rings. The van der Waals surface area contributed by atoms with Crippen LogP contribution in [0.15, 0.2) is 39.8 Å². The molecule has 2 aliphatic heterocycles. The quantitative estimate of drug-likeness (QED) is 0.520. The van der Waals surface area contributed by atoms with Crippen LogP contribution in [-0.2, 0) is 21.9 Å². The van der Waals surface area contributed by atoms with Gasteiger partial charge in [0.2, 0.25) is 5.69 Å². The van der Waals surface area contributed by atoms with Crippen LogP contribution in [0.4, 0.5) is 10.1 Å². The van der Waals surface area contributed by atoms with Gasteiger partial charge in [-0.1, -0.05) is 6.07 Å². The summed E-state index contributed by atoms with van der Waals surface area (Å²) in [6.07, 6.45) is 2.98. The zero-order chi connectivity index (χ0) is 22.9. The van der Waals surface area contributed by atoms with Gasteiger partial charge in [-0.3, -0.25) is 24.1 Å². The SMILES string of the molecule is [C-]#[N+]c1ccc(C(=O)Cc2ccc(F)c([C@]3(C)C[S@@]4(=O)=NCCCCN4C(C)=N3)n2)nc1. The molecule has 0 unspecified atom stereocenters. The number of carbonyl (C=O) groups is 1. The van der Waals surface area contributed by atoms with Crippen LogP contribution in [0.5, 0.6) is 0 Å². The number of halogens is 1. The van der Waals surface area contributed by atoms with Gasteiger partial charge in [-0.05, 0) is 44.9 Å². The number of aliphatic imine (C=N–C) groups is 1. The Balaban J connectivity index is 1.67. The lowest BCUT2D eigenvalue weighted by Gasteiger charge is -2.38. The lowest BCUT2D eigenvalue weighted by molar-refractivity contribution is 0.0987. The summed E-state index contributed by atoms with van der Waals surface area (Å²) in [4.78, 5) is 29.0. The zero-order valence-corrected chi connectivity index (χ0v) is 18.7. The Hall–Kier alpha value is -3.19. The highest BCUT2D eigenvalue weighted by Crippen LogP contribution is 2.35. The maximum Gasteiger partial charge on any atom is 0.205 e. The summed E-state index contributed by atoms with van der Waals surface area (Å²) < 4.78 is 34.8. The first-order valence-electron chi connectivity index (χ1n) is 10.3. The second-order valence-electron chi connectivity index (χ2n) is 8.09. The van der Waals surface area contributed by atoms with Gasteiger partial charge in [-0.15, -0.1) is 0 Å². The topological polar surface area (TPSA) is 92.2 Å². The summed E-state index contributed by atoms with van der Waals surface area (Å²) in [6, 6.07) is 5.73. The van der Waals surface area contributed by atoms with Gasteiger partial charge in [0, 0.05) is 18.4 Å². The maximum atomic E-state index is 14.9. The monoisotopic (exact) mass is 454 g/mol. The number of rotatable bonds is 4. The molecule has 2 atom stereocenters. The Kier molecular flexibility index (Phi) is 5.77. The molecule has 0 aliphatic carbocycles. The van der Waals surface area contributed by atoms with Crippen molar-refractivity contribution in [1.29, 1.82) is 0 Å². The summed E-state index contributed by atoms with van der Waals surface area (Å²) >= 11 is 0. The first kappa shape index (κ1) is 22.0. The highest BCUT2D eigenvalue weighted by atomic mass is 32.2. The molecule has 8 nitrogen and oxygen atoms in total. The molecular weight excluding hydrogens is 431 g/mol. The van der Waals surface area contributed by atoms with Crippen molar-refractivity contribution in [2.24, 2.45) is 9.36 Å². The largest absolute Gasteiger partial charge is 0.292 e. The van der Waals surface area contributed by atoms with Gasteiger partial charge in [0.15, 0.2) is 5.78 Å². The molecular formula is C22H23FN6O2S. The van der Waals surface area contributed by atoms with E-state index in [1.165, 1.54) is 30.5 Å². The first-order valence-corrected chi connectivity index (χ1v) is 12.0. The van der Waals surface area contributed by atoms with E-state index >= 15 is 0 Å². The third-order valence-corrected chi connectivity index (χ3v) is 8.22. The molecule has 0 saturated heterocycles. The fourth-order valence-corrected chi connectivity index (χ4v) is 6.64. The van der Waals surface area contributed by atoms with Crippen molar-refractivity contribution in [3.63, 3.8) is 0 Å². The molecule has 2 aromatic heterocycles. The van der Waals surface area contributed by atoms with Crippen LogP contribution in [0.2, 0.25) is 0 Å². The number of nitrogens with zero attached hydrogens (tertiary/aromatic N) is 6. The summed E-state index contributed by atoms with van der Waals surface area (Å²) in [6.45, 7) is 11.6. The molecule has 32 heavy (non-hydrogen) atoms. The summed E-state index contributed by atoms with van der Waals surface area (Å²) in [7, 11) is -2.76. The Morgan fingerprint density at radius 2 is 2.12 bits per heavy atom. The Morgan fingerprint density at radius 1 is 1.31 bits per heavy atom. The normalized spacial score (nSPS) is 25.1. The minimum Gasteiger partial charge on any atom is -0.292 e. The number of Topliss-reactive ketones (excluding diaryl/α,β-unsaturated/α-hetero) is 1. The van der Waals surface area contributed by atoms with E-state index in [1.807, 2.05) is 0 Å². The third-order valence-electron chi connectivity index (χ3n) is 5.56. The van der Waals surface area contributed by atoms with Crippen LogP contribution in [0.1, 0.15) is 48.6 Å². The van der Waals surface area contributed by atoms with Gasteiger partial charge in [0.1, 0.15) is 38.5 Å². The van der Waals surface area contributed by atoms with E-state index in [0.717, 1.165) is 12.8 Å². The van der Waals surface area contributed by atoms with E-state index in [1.54, 1.807) is 18.2 Å². The fraction of sp³-hybridized carbons (Fsp3) is 0.409. The molecule has 2 aromatic rings. The van der Waals surface area contributed by atoms with Gasteiger partial charge < -0.3 is 0 Å². The highest BCUT2D eigenvalue weighted by molar-refractivity contribution is 7.92. The summed E-state index contributed by atoms with van der Waals surface area (Å²) in [5.41, 5.74) is -0.190. The number of amidine groups is 1. The minimum atomic E-state index is -2.76. The van der Waals surface area contributed by atoms with Crippen LogP contribution in [0.25, 0.3) is 4.85 Å². The smallest absolute Gasteiger partial charge is 0.205 e. The van der Waals surface area contributed by atoms with Crippen molar-refractivity contribution in [2.75, 3.05) is 18.8 Å². The van der Waals surface area contributed by atoms with Crippen molar-refractivity contribution < 1.29 is 13.4 Å². The molecule has 4 heterocycles. The van der Waals surface area contributed by atoms with Gasteiger partial charge >= 0.3 is 0 Å². The van der Waals surface area contributed by atoms with E-state index in [2.05, 4.69) is 24.2 Å². The maximum absolute atomic E-state index is 14.9. The van der Waals surface area contributed by atoms with Crippen molar-refractivity contribution in [2.45, 2.75) is 38.6 Å². The molecule has 0 spiro atoms. The number of hydrogen-bond donors (Lipinski definition) is 0. The van der Waals surface area contributed by atoms with E-state index in [4.69, 9.17) is 6.57 Å². The van der Waals surface area contributed by atoms with Crippen molar-refractivity contribution in [3.05, 3.63) is 64.8 Å². The van der Waals surface area contributed by atoms with Gasteiger partial charge in [-0.2, -0.15) is 0 Å². The highest BCUT2D eigenvalue weighted by Gasteiger charge is 2.42. The number of ketones is 1. The van der Waals surface area contributed by atoms with Crippen LogP contribution < -0.4 is 0 Å². The molecule has 166 valence electrons. The average molecular weight is 455 g/mol. The van der Waals surface area contributed by atoms with Crippen LogP contribution >= 0.6 is 0 Å². The number of aromatic nitrogens is 2. The second-order valence-corrected chi connectivity index (χ2v) is 10.3. The van der Waals surface area contributed by atoms with E-state index in [9.17, 15) is 13.4 Å².